The Morgan fingerprint density at radius 2 is 1.81 bits per heavy atom. The Labute approximate surface area is 127 Å². The summed E-state index contributed by atoms with van der Waals surface area (Å²) in [5, 5.41) is 3.55. The second-order valence-corrected chi connectivity index (χ2v) is 6.68. The molecule has 4 nitrogen and oxygen atoms in total. The van der Waals surface area contributed by atoms with Crippen LogP contribution in [0.2, 0.25) is 0 Å². The van der Waals surface area contributed by atoms with Gasteiger partial charge in [-0.15, -0.1) is 0 Å². The van der Waals surface area contributed by atoms with Crippen LogP contribution in [0.25, 0.3) is 11.4 Å². The molecule has 114 valence electrons. The van der Waals surface area contributed by atoms with Gasteiger partial charge in [0.05, 0.1) is 11.8 Å². The predicted octanol–water partition coefficient (Wildman–Crippen LogP) is 3.85. The fourth-order valence-corrected chi connectivity index (χ4v) is 2.52. The number of aromatic nitrogens is 2. The lowest BCUT2D eigenvalue weighted by Gasteiger charge is -2.25. The highest BCUT2D eigenvalue weighted by Crippen LogP contribution is 2.24. The fourth-order valence-electron chi connectivity index (χ4n) is 2.52. The van der Waals surface area contributed by atoms with Crippen molar-refractivity contribution in [2.75, 3.05) is 6.54 Å². The van der Waals surface area contributed by atoms with E-state index in [0.717, 1.165) is 29.3 Å². The Bertz CT molecular complexity index is 574. The maximum atomic E-state index is 5.11. The lowest BCUT2D eigenvalue weighted by Crippen LogP contribution is -2.38. The molecule has 1 N–H and O–H groups in total. The topological polar surface area (TPSA) is 51.0 Å². The van der Waals surface area contributed by atoms with Crippen molar-refractivity contribution in [3.63, 3.8) is 0 Å². The molecule has 4 heteroatoms. The summed E-state index contributed by atoms with van der Waals surface area (Å²) in [6.45, 7) is 13.8. The van der Waals surface area contributed by atoms with Crippen LogP contribution in [-0.2, 0) is 0 Å². The molecule has 2 aromatic heterocycles. The van der Waals surface area contributed by atoms with E-state index in [-0.39, 0.29) is 5.54 Å². The van der Waals surface area contributed by atoms with Crippen LogP contribution < -0.4 is 5.32 Å². The molecule has 0 aromatic carbocycles. The summed E-state index contributed by atoms with van der Waals surface area (Å²) in [5.41, 5.74) is 4.37. The molecular formula is C17H25N3O. The predicted molar refractivity (Wildman–Crippen MR) is 85.4 cm³/mol. The van der Waals surface area contributed by atoms with Gasteiger partial charge in [-0.3, -0.25) is 0 Å². The first kappa shape index (κ1) is 15.7. The Morgan fingerprint density at radius 1 is 1.19 bits per heavy atom. The van der Waals surface area contributed by atoms with Gasteiger partial charge in [0.25, 0.3) is 0 Å². The van der Waals surface area contributed by atoms with Crippen molar-refractivity contribution in [1.29, 1.82) is 0 Å². The fraction of sp³-hybridized carbons (Fsp3) is 0.529. The van der Waals surface area contributed by atoms with Gasteiger partial charge in [0, 0.05) is 23.5 Å². The molecule has 2 heterocycles. The lowest BCUT2D eigenvalue weighted by atomic mass is 9.96. The second kappa shape index (κ2) is 5.98. The average Bonchev–Trinajstić information content (AvgIpc) is 2.88. The highest BCUT2D eigenvalue weighted by Gasteiger charge is 2.18. The van der Waals surface area contributed by atoms with Gasteiger partial charge in [-0.2, -0.15) is 0 Å². The van der Waals surface area contributed by atoms with Crippen molar-refractivity contribution in [2.24, 2.45) is 0 Å². The highest BCUT2D eigenvalue weighted by atomic mass is 16.3. The number of aryl methyl sites for hydroxylation is 2. The zero-order valence-electron chi connectivity index (χ0n) is 13.8. The van der Waals surface area contributed by atoms with E-state index in [1.165, 1.54) is 5.56 Å². The largest absolute Gasteiger partial charge is 0.472 e. The Morgan fingerprint density at radius 3 is 2.29 bits per heavy atom. The van der Waals surface area contributed by atoms with Crippen LogP contribution in [0, 0.1) is 13.8 Å². The molecule has 0 aliphatic heterocycles. The van der Waals surface area contributed by atoms with Gasteiger partial charge in [0.2, 0.25) is 0 Å². The Hall–Kier alpha value is -1.68. The van der Waals surface area contributed by atoms with Gasteiger partial charge >= 0.3 is 0 Å². The molecule has 0 bridgehead atoms. The van der Waals surface area contributed by atoms with Gasteiger partial charge in [0.15, 0.2) is 5.82 Å². The van der Waals surface area contributed by atoms with E-state index >= 15 is 0 Å². The van der Waals surface area contributed by atoms with E-state index in [1.54, 1.807) is 12.5 Å². The molecule has 21 heavy (non-hydrogen) atoms. The molecule has 1 atom stereocenters. The zero-order chi connectivity index (χ0) is 15.6. The Balaban J connectivity index is 2.25. The van der Waals surface area contributed by atoms with Gasteiger partial charge in [-0.1, -0.05) is 6.92 Å². The summed E-state index contributed by atoms with van der Waals surface area (Å²) in [7, 11) is 0. The molecule has 1 unspecified atom stereocenters. The first-order valence-corrected chi connectivity index (χ1v) is 7.40. The van der Waals surface area contributed by atoms with Crippen LogP contribution >= 0.6 is 0 Å². The third kappa shape index (κ3) is 3.91. The number of nitrogens with one attached hydrogen (secondary N) is 1. The summed E-state index contributed by atoms with van der Waals surface area (Å²) < 4.78 is 5.11. The van der Waals surface area contributed by atoms with E-state index in [2.05, 4.69) is 56.8 Å². The van der Waals surface area contributed by atoms with E-state index in [1.807, 2.05) is 6.07 Å². The van der Waals surface area contributed by atoms with Crippen molar-refractivity contribution < 1.29 is 4.42 Å². The molecular weight excluding hydrogens is 262 g/mol. The maximum absolute atomic E-state index is 5.11. The third-order valence-electron chi connectivity index (χ3n) is 3.54. The van der Waals surface area contributed by atoms with Crippen molar-refractivity contribution in [1.82, 2.24) is 15.3 Å². The Kier molecular flexibility index (Phi) is 4.47. The number of furan rings is 1. The SMILES string of the molecule is Cc1nc(-c2ccoc2)nc(C)c1C(C)CNC(C)(C)C. The zero-order valence-corrected chi connectivity index (χ0v) is 13.8. The van der Waals surface area contributed by atoms with Crippen molar-refractivity contribution in [3.05, 3.63) is 35.5 Å². The van der Waals surface area contributed by atoms with Crippen LogP contribution in [0.4, 0.5) is 0 Å². The summed E-state index contributed by atoms with van der Waals surface area (Å²) in [5.74, 6) is 1.11. The van der Waals surface area contributed by atoms with E-state index < -0.39 is 0 Å². The maximum Gasteiger partial charge on any atom is 0.162 e. The first-order valence-electron chi connectivity index (χ1n) is 7.40. The van der Waals surface area contributed by atoms with Crippen molar-refractivity contribution in [2.45, 2.75) is 53.0 Å². The minimum absolute atomic E-state index is 0.119. The van der Waals surface area contributed by atoms with Crippen LogP contribution in [0.5, 0.6) is 0 Å². The third-order valence-corrected chi connectivity index (χ3v) is 3.54. The van der Waals surface area contributed by atoms with Crippen LogP contribution in [-0.4, -0.2) is 22.1 Å². The molecule has 0 fully saturated rings. The number of hydrogen-bond donors (Lipinski definition) is 1. The molecule has 0 aliphatic rings. The highest BCUT2D eigenvalue weighted by molar-refractivity contribution is 5.53. The summed E-state index contributed by atoms with van der Waals surface area (Å²) in [6.07, 6.45) is 3.33. The van der Waals surface area contributed by atoms with Crippen LogP contribution in [0.15, 0.2) is 23.0 Å². The van der Waals surface area contributed by atoms with E-state index in [0.29, 0.717) is 5.92 Å². The van der Waals surface area contributed by atoms with Gasteiger partial charge < -0.3 is 9.73 Å². The quantitative estimate of drug-likeness (QED) is 0.928. The minimum atomic E-state index is 0.119. The van der Waals surface area contributed by atoms with Gasteiger partial charge in [-0.25, -0.2) is 9.97 Å². The van der Waals surface area contributed by atoms with Gasteiger partial charge in [0.1, 0.15) is 6.26 Å². The molecule has 0 saturated heterocycles. The van der Waals surface area contributed by atoms with Crippen molar-refractivity contribution >= 4 is 0 Å². The van der Waals surface area contributed by atoms with Gasteiger partial charge in [-0.05, 0) is 52.2 Å². The molecule has 2 aromatic rings. The van der Waals surface area contributed by atoms with E-state index in [4.69, 9.17) is 4.42 Å². The normalized spacial score (nSPS) is 13.4. The van der Waals surface area contributed by atoms with E-state index in [9.17, 15) is 0 Å². The molecule has 0 aliphatic carbocycles. The van der Waals surface area contributed by atoms with Crippen molar-refractivity contribution in [3.8, 4) is 11.4 Å². The standard InChI is InChI=1S/C17H25N3O/c1-11(9-18-17(4,5)6)15-12(2)19-16(20-13(15)3)14-7-8-21-10-14/h7-8,10-11,18H,9H2,1-6H3. The average molecular weight is 287 g/mol. The summed E-state index contributed by atoms with van der Waals surface area (Å²) in [4.78, 5) is 9.29. The molecule has 2 rings (SSSR count). The number of nitrogens with zero attached hydrogens (tertiary/aromatic N) is 2. The summed E-state index contributed by atoms with van der Waals surface area (Å²) >= 11 is 0. The minimum Gasteiger partial charge on any atom is -0.472 e. The lowest BCUT2D eigenvalue weighted by molar-refractivity contribution is 0.411. The summed E-state index contributed by atoms with van der Waals surface area (Å²) in [6, 6.07) is 1.89. The monoisotopic (exact) mass is 287 g/mol. The molecule has 0 saturated carbocycles. The smallest absolute Gasteiger partial charge is 0.162 e. The molecule has 0 amide bonds. The number of hydrogen-bond acceptors (Lipinski definition) is 4. The molecule has 0 spiro atoms. The van der Waals surface area contributed by atoms with Crippen LogP contribution in [0.1, 0.15) is 50.6 Å². The number of rotatable bonds is 4. The molecule has 0 radical (unpaired) electrons. The first-order chi connectivity index (χ1) is 9.78. The van der Waals surface area contributed by atoms with Crippen LogP contribution in [0.3, 0.4) is 0 Å². The second-order valence-electron chi connectivity index (χ2n) is 6.68.